The van der Waals surface area contributed by atoms with Crippen LogP contribution in [0.2, 0.25) is 0 Å². The smallest absolute Gasteiger partial charge is 0.296 e. The van der Waals surface area contributed by atoms with E-state index in [1.165, 1.54) is 6.92 Å². The summed E-state index contributed by atoms with van der Waals surface area (Å²) >= 11 is 0. The first kappa shape index (κ1) is 11.8. The van der Waals surface area contributed by atoms with Crippen LogP contribution in [0.1, 0.15) is 26.7 Å². The average Bonchev–Trinajstić information content (AvgIpc) is 2.02. The van der Waals surface area contributed by atoms with Crippen molar-refractivity contribution < 1.29 is 22.8 Å². The van der Waals surface area contributed by atoms with Crippen molar-refractivity contribution in [3.05, 3.63) is 0 Å². The maximum absolute atomic E-state index is 10.9. The van der Waals surface area contributed by atoms with Crippen LogP contribution in [0.3, 0.4) is 0 Å². The van der Waals surface area contributed by atoms with Crippen LogP contribution < -0.4 is 0 Å². The number of aliphatic hydroxyl groups is 2. The van der Waals surface area contributed by atoms with Crippen molar-refractivity contribution >= 4 is 10.1 Å². The van der Waals surface area contributed by atoms with Crippen molar-refractivity contribution in [1.82, 2.24) is 0 Å². The van der Waals surface area contributed by atoms with Gasteiger partial charge in [-0.15, -0.1) is 0 Å². The normalized spacial score (nSPS) is 17.3. The molecule has 6 heteroatoms. The van der Waals surface area contributed by atoms with E-state index in [0.29, 0.717) is 0 Å². The molecule has 0 saturated carbocycles. The van der Waals surface area contributed by atoms with Crippen molar-refractivity contribution in [2.45, 2.75) is 38.4 Å². The molecule has 2 atom stereocenters. The minimum absolute atomic E-state index is 0.0404. The van der Waals surface area contributed by atoms with Crippen molar-refractivity contribution in [2.75, 3.05) is 0 Å². The zero-order valence-electron chi connectivity index (χ0n) is 7.10. The Labute approximate surface area is 72.1 Å². The van der Waals surface area contributed by atoms with Gasteiger partial charge in [-0.1, -0.05) is 13.8 Å². The fraction of sp³-hybridized carbons (Fsp3) is 1.00. The Morgan fingerprint density at radius 3 is 2.08 bits per heavy atom. The van der Waals surface area contributed by atoms with E-state index in [1.54, 1.807) is 6.92 Å². The molecule has 12 heavy (non-hydrogen) atoms. The third-order valence-corrected chi connectivity index (χ3v) is 2.77. The molecule has 0 aliphatic heterocycles. The number of hydrogen-bond acceptors (Lipinski definition) is 5. The van der Waals surface area contributed by atoms with Gasteiger partial charge in [0.05, 0.1) is 0 Å². The lowest BCUT2D eigenvalue weighted by atomic mass is 10.5. The molecule has 0 aromatic carbocycles. The summed E-state index contributed by atoms with van der Waals surface area (Å²) in [6, 6.07) is 0. The Bertz CT molecular complexity index is 210. The van der Waals surface area contributed by atoms with Gasteiger partial charge in [-0.05, 0) is 12.8 Å². The minimum atomic E-state index is -4.02. The van der Waals surface area contributed by atoms with Gasteiger partial charge in [0.15, 0.2) is 11.7 Å². The summed E-state index contributed by atoms with van der Waals surface area (Å²) < 4.78 is 26.0. The van der Waals surface area contributed by atoms with Gasteiger partial charge in [-0.3, -0.25) is 0 Å². The lowest BCUT2D eigenvalue weighted by molar-refractivity contribution is -0.0186. The van der Waals surface area contributed by atoms with Crippen LogP contribution in [0.4, 0.5) is 0 Å². The van der Waals surface area contributed by atoms with Crippen LogP contribution in [-0.4, -0.2) is 30.4 Å². The molecule has 0 radical (unpaired) electrons. The first-order valence-corrected chi connectivity index (χ1v) is 5.19. The first-order chi connectivity index (χ1) is 5.44. The molecule has 0 spiro atoms. The maximum Gasteiger partial charge on any atom is 0.296 e. The molecule has 0 aromatic rings. The lowest BCUT2D eigenvalue weighted by Crippen LogP contribution is -2.27. The van der Waals surface area contributed by atoms with Gasteiger partial charge in [0.2, 0.25) is 0 Å². The highest BCUT2D eigenvalue weighted by Gasteiger charge is 2.24. The predicted molar refractivity (Wildman–Crippen MR) is 42.6 cm³/mol. The van der Waals surface area contributed by atoms with Crippen LogP contribution in [0.25, 0.3) is 0 Å². The van der Waals surface area contributed by atoms with Crippen LogP contribution in [0.5, 0.6) is 0 Å². The largest absolute Gasteiger partial charge is 0.375 e. The van der Waals surface area contributed by atoms with Gasteiger partial charge in [-0.25, -0.2) is 4.18 Å². The molecule has 0 aliphatic rings. The third kappa shape index (κ3) is 3.48. The van der Waals surface area contributed by atoms with E-state index in [2.05, 4.69) is 4.18 Å². The van der Waals surface area contributed by atoms with E-state index in [1.807, 2.05) is 0 Å². The van der Waals surface area contributed by atoms with E-state index < -0.39 is 21.8 Å². The number of aliphatic hydroxyl groups excluding tert-OH is 2. The Morgan fingerprint density at radius 2 is 1.75 bits per heavy atom. The Hall–Kier alpha value is -0.170. The molecule has 74 valence electrons. The maximum atomic E-state index is 10.9. The molecule has 0 saturated heterocycles. The fourth-order valence-corrected chi connectivity index (χ4v) is 1.47. The summed E-state index contributed by atoms with van der Waals surface area (Å²) in [7, 11) is -4.02. The number of rotatable bonds is 5. The summed E-state index contributed by atoms with van der Waals surface area (Å²) in [6.07, 6.45) is -1.16. The highest BCUT2D eigenvalue weighted by molar-refractivity contribution is 7.87. The second kappa shape index (κ2) is 4.76. The van der Waals surface area contributed by atoms with E-state index >= 15 is 0 Å². The number of hydrogen-bond donors (Lipinski definition) is 2. The monoisotopic (exact) mass is 198 g/mol. The predicted octanol–water partition coefficient (Wildman–Crippen LogP) is -0.210. The Morgan fingerprint density at radius 1 is 1.25 bits per heavy atom. The summed E-state index contributed by atoms with van der Waals surface area (Å²) in [5.41, 5.74) is -1.56. The molecule has 0 amide bonds. The van der Waals surface area contributed by atoms with Gasteiger partial charge in [0.1, 0.15) is 0 Å². The van der Waals surface area contributed by atoms with Crippen LogP contribution in [0.15, 0.2) is 0 Å². The average molecular weight is 198 g/mol. The second-order valence-corrected chi connectivity index (χ2v) is 4.04. The molecular weight excluding hydrogens is 184 g/mol. The van der Waals surface area contributed by atoms with Gasteiger partial charge >= 0.3 is 0 Å². The van der Waals surface area contributed by atoms with E-state index in [9.17, 15) is 8.42 Å². The molecule has 5 nitrogen and oxygen atoms in total. The summed E-state index contributed by atoms with van der Waals surface area (Å²) in [6.45, 7) is 3.07. The quantitative estimate of drug-likeness (QED) is 0.471. The molecule has 0 heterocycles. The first-order valence-electron chi connectivity index (χ1n) is 3.72. The lowest BCUT2D eigenvalue weighted by Gasteiger charge is -2.12. The van der Waals surface area contributed by atoms with Gasteiger partial charge < -0.3 is 10.2 Å². The minimum Gasteiger partial charge on any atom is -0.375 e. The molecule has 0 aromatic heterocycles. The SMILES string of the molecule is CCC(O)OS(=O)(=O)C(O)CC. The summed E-state index contributed by atoms with van der Waals surface area (Å²) in [4.78, 5) is 0. The van der Waals surface area contributed by atoms with Crippen molar-refractivity contribution in [1.29, 1.82) is 0 Å². The van der Waals surface area contributed by atoms with E-state index in [0.717, 1.165) is 0 Å². The zero-order chi connectivity index (χ0) is 9.78. The van der Waals surface area contributed by atoms with Crippen LogP contribution in [0, 0.1) is 0 Å². The third-order valence-electron chi connectivity index (χ3n) is 1.28. The van der Waals surface area contributed by atoms with Gasteiger partial charge in [0, 0.05) is 0 Å². The second-order valence-electron chi connectivity index (χ2n) is 2.31. The van der Waals surface area contributed by atoms with Crippen molar-refractivity contribution in [3.8, 4) is 0 Å². The molecule has 0 fully saturated rings. The highest BCUT2D eigenvalue weighted by atomic mass is 32.2. The van der Waals surface area contributed by atoms with Crippen molar-refractivity contribution in [2.24, 2.45) is 0 Å². The van der Waals surface area contributed by atoms with Crippen molar-refractivity contribution in [3.63, 3.8) is 0 Å². The molecule has 2 N–H and O–H groups in total. The molecule has 0 aliphatic carbocycles. The molecule has 0 rings (SSSR count). The van der Waals surface area contributed by atoms with Gasteiger partial charge in [0.25, 0.3) is 10.1 Å². The Balaban J connectivity index is 4.23. The molecule has 0 bridgehead atoms. The molecular formula is C6H14O5S. The zero-order valence-corrected chi connectivity index (χ0v) is 7.91. The van der Waals surface area contributed by atoms with Gasteiger partial charge in [-0.2, -0.15) is 8.42 Å². The topological polar surface area (TPSA) is 83.8 Å². The van der Waals surface area contributed by atoms with Crippen LogP contribution in [-0.2, 0) is 14.3 Å². The van der Waals surface area contributed by atoms with E-state index in [-0.39, 0.29) is 12.8 Å². The fourth-order valence-electron chi connectivity index (χ4n) is 0.491. The summed E-state index contributed by atoms with van der Waals surface area (Å²) in [5, 5.41) is 17.7. The highest BCUT2D eigenvalue weighted by Crippen LogP contribution is 2.08. The summed E-state index contributed by atoms with van der Waals surface area (Å²) in [5.74, 6) is 0. The standard InChI is InChI=1S/C6H14O5S/c1-3-5(7)11-12(9,10)6(8)4-2/h5-8H,3-4H2,1-2H3. The van der Waals surface area contributed by atoms with E-state index in [4.69, 9.17) is 10.2 Å². The Kier molecular flexibility index (Phi) is 4.69. The molecule has 2 unspecified atom stereocenters. The van der Waals surface area contributed by atoms with Crippen LogP contribution >= 0.6 is 0 Å².